The topological polar surface area (TPSA) is 39.9 Å². The zero-order valence-corrected chi connectivity index (χ0v) is 10.3. The molecule has 0 atom stereocenters. The minimum atomic E-state index is 0.759. The molecule has 4 heteroatoms. The molecule has 0 aliphatic rings. The van der Waals surface area contributed by atoms with Crippen molar-refractivity contribution in [3.63, 3.8) is 0 Å². The van der Waals surface area contributed by atoms with E-state index in [-0.39, 0.29) is 0 Å². The summed E-state index contributed by atoms with van der Waals surface area (Å²) < 4.78 is 7.15. The highest BCUT2D eigenvalue weighted by molar-refractivity contribution is 5.86. The number of nitrogens with zero attached hydrogens (tertiary/aromatic N) is 3. The van der Waals surface area contributed by atoms with E-state index >= 15 is 0 Å². The zero-order valence-electron chi connectivity index (χ0n) is 10.3. The number of rotatable bonds is 2. The second-order valence-corrected chi connectivity index (χ2v) is 4.15. The van der Waals surface area contributed by atoms with Crippen molar-refractivity contribution in [1.29, 1.82) is 0 Å². The molecule has 0 unspecified atom stereocenters. The van der Waals surface area contributed by atoms with Crippen molar-refractivity contribution in [2.75, 3.05) is 7.11 Å². The number of aromatic nitrogens is 3. The van der Waals surface area contributed by atoms with Gasteiger partial charge in [0, 0.05) is 23.8 Å². The lowest BCUT2D eigenvalue weighted by Crippen LogP contribution is -1.99. The van der Waals surface area contributed by atoms with Crippen LogP contribution in [0.3, 0.4) is 0 Å². The molecule has 0 fully saturated rings. The minimum absolute atomic E-state index is 0.759. The van der Waals surface area contributed by atoms with Gasteiger partial charge in [0.2, 0.25) is 0 Å². The van der Waals surface area contributed by atoms with E-state index in [4.69, 9.17) is 4.74 Å². The number of ether oxygens (including phenoxy) is 1. The van der Waals surface area contributed by atoms with Gasteiger partial charge in [0.15, 0.2) is 5.82 Å². The van der Waals surface area contributed by atoms with Gasteiger partial charge in [0.05, 0.1) is 12.6 Å². The van der Waals surface area contributed by atoms with E-state index in [1.165, 1.54) is 5.56 Å². The zero-order chi connectivity index (χ0) is 12.5. The van der Waals surface area contributed by atoms with Crippen molar-refractivity contribution in [3.05, 3.63) is 48.3 Å². The van der Waals surface area contributed by atoms with Crippen molar-refractivity contribution in [2.45, 2.75) is 6.92 Å². The predicted octanol–water partition coefficient (Wildman–Crippen LogP) is 2.74. The largest absolute Gasteiger partial charge is 0.496 e. The van der Waals surface area contributed by atoms with E-state index in [1.807, 2.05) is 37.4 Å². The van der Waals surface area contributed by atoms with Crippen molar-refractivity contribution in [1.82, 2.24) is 14.8 Å². The Balaban J connectivity index is 2.29. The molecule has 0 radical (unpaired) electrons. The number of hydrogen-bond donors (Lipinski definition) is 0. The standard InChI is InChI=1S/C14H13N3O/c1-10-4-5-11-12(8-10)16-14(9-13(11)18-2)17-7-3-6-15-17/h3-9H,1-2H3. The Morgan fingerprint density at radius 3 is 2.83 bits per heavy atom. The Morgan fingerprint density at radius 1 is 1.22 bits per heavy atom. The highest BCUT2D eigenvalue weighted by Gasteiger charge is 2.07. The van der Waals surface area contributed by atoms with Crippen molar-refractivity contribution in [2.24, 2.45) is 0 Å². The van der Waals surface area contributed by atoms with Crippen LogP contribution in [0.4, 0.5) is 0 Å². The first-order chi connectivity index (χ1) is 8.78. The van der Waals surface area contributed by atoms with Crippen LogP contribution in [0.1, 0.15) is 5.56 Å². The van der Waals surface area contributed by atoms with Crippen molar-refractivity contribution in [3.8, 4) is 11.6 Å². The molecule has 0 aliphatic heterocycles. The average molecular weight is 239 g/mol. The van der Waals surface area contributed by atoms with Crippen LogP contribution in [0.5, 0.6) is 5.75 Å². The number of pyridine rings is 1. The molecule has 3 aromatic rings. The lowest BCUT2D eigenvalue weighted by atomic mass is 10.1. The third kappa shape index (κ3) is 1.72. The summed E-state index contributed by atoms with van der Waals surface area (Å²) in [6, 6.07) is 9.90. The van der Waals surface area contributed by atoms with Crippen LogP contribution in [-0.2, 0) is 0 Å². The maximum atomic E-state index is 5.42. The molecule has 2 heterocycles. The van der Waals surface area contributed by atoms with Gasteiger partial charge in [0.1, 0.15) is 5.75 Å². The highest BCUT2D eigenvalue weighted by Crippen LogP contribution is 2.27. The van der Waals surface area contributed by atoms with Gasteiger partial charge in [0.25, 0.3) is 0 Å². The summed E-state index contributed by atoms with van der Waals surface area (Å²) >= 11 is 0. The fraction of sp³-hybridized carbons (Fsp3) is 0.143. The van der Waals surface area contributed by atoms with E-state index in [0.717, 1.165) is 22.5 Å². The third-order valence-corrected chi connectivity index (χ3v) is 2.87. The van der Waals surface area contributed by atoms with Crippen LogP contribution in [0.2, 0.25) is 0 Å². The molecule has 0 aliphatic carbocycles. The molecule has 0 saturated heterocycles. The number of fused-ring (bicyclic) bond motifs is 1. The first kappa shape index (κ1) is 10.8. The summed E-state index contributed by atoms with van der Waals surface area (Å²) in [6.07, 6.45) is 3.60. The van der Waals surface area contributed by atoms with Gasteiger partial charge in [-0.3, -0.25) is 0 Å². The van der Waals surface area contributed by atoms with Gasteiger partial charge in [-0.05, 0) is 30.7 Å². The fourth-order valence-corrected chi connectivity index (χ4v) is 1.98. The average Bonchev–Trinajstić information content (AvgIpc) is 2.90. The molecule has 0 N–H and O–H groups in total. The third-order valence-electron chi connectivity index (χ3n) is 2.87. The summed E-state index contributed by atoms with van der Waals surface area (Å²) in [5.41, 5.74) is 2.09. The molecule has 3 rings (SSSR count). The van der Waals surface area contributed by atoms with Gasteiger partial charge in [-0.1, -0.05) is 6.07 Å². The molecule has 1 aromatic carbocycles. The second kappa shape index (κ2) is 4.14. The predicted molar refractivity (Wildman–Crippen MR) is 70.2 cm³/mol. The van der Waals surface area contributed by atoms with E-state index in [2.05, 4.69) is 16.1 Å². The monoisotopic (exact) mass is 239 g/mol. The van der Waals surface area contributed by atoms with Crippen molar-refractivity contribution >= 4 is 10.9 Å². The Kier molecular flexibility index (Phi) is 2.48. The summed E-state index contributed by atoms with van der Waals surface area (Å²) in [4.78, 5) is 4.61. The van der Waals surface area contributed by atoms with Gasteiger partial charge < -0.3 is 4.74 Å². The van der Waals surface area contributed by atoms with Crippen LogP contribution >= 0.6 is 0 Å². The number of methoxy groups -OCH3 is 1. The summed E-state index contributed by atoms with van der Waals surface area (Å²) in [5.74, 6) is 1.57. The summed E-state index contributed by atoms with van der Waals surface area (Å²) in [6.45, 7) is 2.05. The maximum absolute atomic E-state index is 5.42. The molecular weight excluding hydrogens is 226 g/mol. The quantitative estimate of drug-likeness (QED) is 0.690. The molecule has 4 nitrogen and oxygen atoms in total. The van der Waals surface area contributed by atoms with Crippen LogP contribution in [-0.4, -0.2) is 21.9 Å². The Bertz CT molecular complexity index is 690. The highest BCUT2D eigenvalue weighted by atomic mass is 16.5. The lowest BCUT2D eigenvalue weighted by Gasteiger charge is -2.09. The fourth-order valence-electron chi connectivity index (χ4n) is 1.98. The second-order valence-electron chi connectivity index (χ2n) is 4.15. The van der Waals surface area contributed by atoms with E-state index in [1.54, 1.807) is 18.0 Å². The summed E-state index contributed by atoms with van der Waals surface area (Å²) in [7, 11) is 1.67. The molecule has 0 saturated carbocycles. The van der Waals surface area contributed by atoms with Gasteiger partial charge in [-0.15, -0.1) is 0 Å². The maximum Gasteiger partial charge on any atom is 0.157 e. The smallest absolute Gasteiger partial charge is 0.157 e. The van der Waals surface area contributed by atoms with Crippen LogP contribution in [0, 0.1) is 6.92 Å². The minimum Gasteiger partial charge on any atom is -0.496 e. The van der Waals surface area contributed by atoms with Crippen LogP contribution in [0.25, 0.3) is 16.7 Å². The van der Waals surface area contributed by atoms with Gasteiger partial charge in [-0.2, -0.15) is 5.10 Å². The molecule has 90 valence electrons. The van der Waals surface area contributed by atoms with Crippen molar-refractivity contribution < 1.29 is 4.74 Å². The molecule has 2 aromatic heterocycles. The molecule has 0 amide bonds. The molecule has 0 spiro atoms. The molecule has 0 bridgehead atoms. The Hall–Kier alpha value is -2.36. The lowest BCUT2D eigenvalue weighted by molar-refractivity contribution is 0.419. The van der Waals surface area contributed by atoms with Gasteiger partial charge in [-0.25, -0.2) is 9.67 Å². The van der Waals surface area contributed by atoms with Crippen LogP contribution in [0.15, 0.2) is 42.7 Å². The van der Waals surface area contributed by atoms with Gasteiger partial charge >= 0.3 is 0 Å². The Labute approximate surface area is 105 Å². The Morgan fingerprint density at radius 2 is 2.11 bits per heavy atom. The number of hydrogen-bond acceptors (Lipinski definition) is 3. The normalized spacial score (nSPS) is 10.8. The molecule has 18 heavy (non-hydrogen) atoms. The van der Waals surface area contributed by atoms with Crippen LogP contribution < -0.4 is 4.74 Å². The van der Waals surface area contributed by atoms with E-state index in [9.17, 15) is 0 Å². The van der Waals surface area contributed by atoms with E-state index < -0.39 is 0 Å². The first-order valence-electron chi connectivity index (χ1n) is 5.73. The SMILES string of the molecule is COc1cc(-n2cccn2)nc2cc(C)ccc12. The molecular formula is C14H13N3O. The number of benzene rings is 1. The summed E-state index contributed by atoms with van der Waals surface area (Å²) in [5, 5.41) is 5.20. The number of aryl methyl sites for hydroxylation is 1. The van der Waals surface area contributed by atoms with E-state index in [0.29, 0.717) is 0 Å². The first-order valence-corrected chi connectivity index (χ1v) is 5.73.